The molecule has 10 heteroatoms. The predicted molar refractivity (Wildman–Crippen MR) is 132 cm³/mol. The lowest BCUT2D eigenvalue weighted by atomic mass is 10.1. The molecule has 2 amide bonds. The molecule has 188 valence electrons. The van der Waals surface area contributed by atoms with Crippen LogP contribution in [0.3, 0.4) is 0 Å². The van der Waals surface area contributed by atoms with Crippen LogP contribution in [0, 0.1) is 5.82 Å². The second-order valence-electron chi connectivity index (χ2n) is 9.03. The Hall–Kier alpha value is -3.27. The lowest BCUT2D eigenvalue weighted by Crippen LogP contribution is -2.47. The zero-order valence-corrected chi connectivity index (χ0v) is 20.4. The van der Waals surface area contributed by atoms with Crippen molar-refractivity contribution in [3.63, 3.8) is 0 Å². The SMILES string of the molecule is CCCCCN1CCN(c2ncc(-c3ccc(N4C[C@H](CNC(C)=O)OC4=O)cc3F)cn2)CC1. The molecule has 0 aliphatic carbocycles. The number of halogens is 1. The molecule has 2 saturated heterocycles. The topological polar surface area (TPSA) is 90.9 Å². The number of ether oxygens (including phenoxy) is 1. The summed E-state index contributed by atoms with van der Waals surface area (Å²) in [6.45, 7) is 8.96. The first-order chi connectivity index (χ1) is 16.9. The fourth-order valence-corrected chi connectivity index (χ4v) is 4.38. The molecule has 0 bridgehead atoms. The molecule has 35 heavy (non-hydrogen) atoms. The molecule has 0 unspecified atom stereocenters. The minimum Gasteiger partial charge on any atom is -0.442 e. The van der Waals surface area contributed by atoms with E-state index >= 15 is 0 Å². The Morgan fingerprint density at radius 1 is 1.17 bits per heavy atom. The third kappa shape index (κ3) is 6.25. The number of amides is 2. The van der Waals surface area contributed by atoms with Crippen molar-refractivity contribution in [2.45, 2.75) is 39.2 Å². The highest BCUT2D eigenvalue weighted by atomic mass is 19.1. The molecular formula is C25H33FN6O3. The summed E-state index contributed by atoms with van der Waals surface area (Å²) >= 11 is 0. The van der Waals surface area contributed by atoms with E-state index in [0.717, 1.165) is 32.7 Å². The molecule has 4 rings (SSSR count). The van der Waals surface area contributed by atoms with Crippen LogP contribution in [0.1, 0.15) is 33.1 Å². The average molecular weight is 485 g/mol. The summed E-state index contributed by atoms with van der Waals surface area (Å²) in [6, 6.07) is 4.60. The number of unbranched alkanes of at least 4 members (excludes halogenated alkanes) is 2. The van der Waals surface area contributed by atoms with Crippen LogP contribution in [-0.4, -0.2) is 78.8 Å². The minimum atomic E-state index is -0.564. The summed E-state index contributed by atoms with van der Waals surface area (Å²) in [5.41, 5.74) is 1.34. The van der Waals surface area contributed by atoms with Crippen LogP contribution in [0.4, 0.5) is 20.8 Å². The number of aromatic nitrogens is 2. The van der Waals surface area contributed by atoms with E-state index < -0.39 is 18.0 Å². The van der Waals surface area contributed by atoms with Crippen LogP contribution in [0.25, 0.3) is 11.1 Å². The van der Waals surface area contributed by atoms with Gasteiger partial charge in [0.25, 0.3) is 0 Å². The van der Waals surface area contributed by atoms with Crippen molar-refractivity contribution in [2.24, 2.45) is 0 Å². The number of nitrogens with one attached hydrogen (secondary N) is 1. The van der Waals surface area contributed by atoms with Gasteiger partial charge in [0.1, 0.15) is 11.9 Å². The number of cyclic esters (lactones) is 1. The van der Waals surface area contributed by atoms with E-state index in [-0.39, 0.29) is 19.0 Å². The minimum absolute atomic E-state index is 0.201. The first kappa shape index (κ1) is 24.8. The number of piperazine rings is 1. The van der Waals surface area contributed by atoms with E-state index in [0.29, 0.717) is 22.8 Å². The summed E-state index contributed by atoms with van der Waals surface area (Å²) in [5, 5.41) is 2.63. The van der Waals surface area contributed by atoms with Crippen LogP contribution in [0.2, 0.25) is 0 Å². The molecule has 3 heterocycles. The molecule has 0 saturated carbocycles. The summed E-state index contributed by atoms with van der Waals surface area (Å²) in [4.78, 5) is 38.3. The van der Waals surface area contributed by atoms with Crippen molar-refractivity contribution in [3.05, 3.63) is 36.4 Å². The zero-order valence-electron chi connectivity index (χ0n) is 20.4. The molecule has 1 atom stereocenters. The van der Waals surface area contributed by atoms with E-state index in [4.69, 9.17) is 4.74 Å². The first-order valence-corrected chi connectivity index (χ1v) is 12.3. The number of rotatable bonds is 9. The maximum atomic E-state index is 15.0. The fourth-order valence-electron chi connectivity index (χ4n) is 4.38. The van der Waals surface area contributed by atoms with E-state index in [1.165, 1.54) is 37.2 Å². The molecule has 2 aliphatic heterocycles. The largest absolute Gasteiger partial charge is 0.442 e. The molecule has 1 aromatic carbocycles. The van der Waals surface area contributed by atoms with E-state index in [2.05, 4.69) is 32.0 Å². The lowest BCUT2D eigenvalue weighted by molar-refractivity contribution is -0.119. The average Bonchev–Trinajstić information content (AvgIpc) is 3.24. The number of carbonyl (C=O) groups is 2. The maximum absolute atomic E-state index is 15.0. The number of hydrogen-bond donors (Lipinski definition) is 1. The van der Waals surface area contributed by atoms with Gasteiger partial charge >= 0.3 is 6.09 Å². The highest BCUT2D eigenvalue weighted by Gasteiger charge is 2.32. The summed E-state index contributed by atoms with van der Waals surface area (Å²) in [7, 11) is 0. The number of hydrogen-bond acceptors (Lipinski definition) is 7. The Balaban J connectivity index is 1.36. The van der Waals surface area contributed by atoms with Gasteiger partial charge in [0.2, 0.25) is 11.9 Å². The molecular weight excluding hydrogens is 451 g/mol. The molecule has 9 nitrogen and oxygen atoms in total. The number of nitrogens with zero attached hydrogens (tertiary/aromatic N) is 5. The summed E-state index contributed by atoms with van der Waals surface area (Å²) in [6.07, 6.45) is 5.98. The van der Waals surface area contributed by atoms with Crippen LogP contribution in [0.15, 0.2) is 30.6 Å². The van der Waals surface area contributed by atoms with Gasteiger partial charge in [0, 0.05) is 56.6 Å². The number of carbonyl (C=O) groups excluding carboxylic acids is 2. The molecule has 1 N–H and O–H groups in total. The molecule has 0 radical (unpaired) electrons. The van der Waals surface area contributed by atoms with Crippen molar-refractivity contribution < 1.29 is 18.7 Å². The molecule has 2 aliphatic rings. The quantitative estimate of drug-likeness (QED) is 0.547. The number of anilines is 2. The Labute approximate surface area is 205 Å². The van der Waals surface area contributed by atoms with Crippen molar-refractivity contribution in [3.8, 4) is 11.1 Å². The first-order valence-electron chi connectivity index (χ1n) is 12.3. The smallest absolute Gasteiger partial charge is 0.414 e. The highest BCUT2D eigenvalue weighted by Crippen LogP contribution is 2.29. The predicted octanol–water partition coefficient (Wildman–Crippen LogP) is 3.06. The van der Waals surface area contributed by atoms with E-state index in [9.17, 15) is 14.0 Å². The van der Waals surface area contributed by atoms with E-state index in [1.807, 2.05) is 0 Å². The van der Waals surface area contributed by atoms with Crippen LogP contribution in [-0.2, 0) is 9.53 Å². The van der Waals surface area contributed by atoms with Crippen LogP contribution in [0.5, 0.6) is 0 Å². The second-order valence-corrected chi connectivity index (χ2v) is 9.03. The van der Waals surface area contributed by atoms with Gasteiger partial charge in [-0.15, -0.1) is 0 Å². The third-order valence-electron chi connectivity index (χ3n) is 6.40. The van der Waals surface area contributed by atoms with E-state index in [1.54, 1.807) is 24.5 Å². The zero-order chi connectivity index (χ0) is 24.8. The molecule has 2 aromatic rings. The van der Waals surface area contributed by atoms with Gasteiger partial charge in [-0.3, -0.25) is 14.6 Å². The summed E-state index contributed by atoms with van der Waals surface area (Å²) < 4.78 is 20.2. The van der Waals surface area contributed by atoms with Crippen molar-refractivity contribution >= 4 is 23.6 Å². The third-order valence-corrected chi connectivity index (χ3v) is 6.40. The van der Waals surface area contributed by atoms with Gasteiger partial charge < -0.3 is 15.0 Å². The molecule has 1 aromatic heterocycles. The van der Waals surface area contributed by atoms with Gasteiger partial charge in [-0.25, -0.2) is 19.2 Å². The molecule has 0 spiro atoms. The van der Waals surface area contributed by atoms with Gasteiger partial charge in [0.05, 0.1) is 18.8 Å². The van der Waals surface area contributed by atoms with Crippen molar-refractivity contribution in [1.29, 1.82) is 0 Å². The number of benzene rings is 1. The van der Waals surface area contributed by atoms with Gasteiger partial charge in [-0.05, 0) is 31.2 Å². The molecule has 2 fully saturated rings. The normalized spacial score (nSPS) is 18.6. The standard InChI is InChI=1S/C25H33FN6O3/c1-3-4-5-8-30-9-11-31(12-10-30)24-28-14-19(15-29-24)22-7-6-20(13-23(22)26)32-17-21(35-25(32)34)16-27-18(2)33/h6-7,13-15,21H,3-5,8-12,16-17H2,1-2H3,(H,27,33)/t21-/m0/s1. The van der Waals surface area contributed by atoms with Crippen molar-refractivity contribution in [1.82, 2.24) is 20.2 Å². The van der Waals surface area contributed by atoms with Crippen LogP contribution < -0.4 is 15.1 Å². The second kappa shape index (κ2) is 11.4. The van der Waals surface area contributed by atoms with Crippen LogP contribution >= 0.6 is 0 Å². The Morgan fingerprint density at radius 2 is 1.91 bits per heavy atom. The fraction of sp³-hybridized carbons (Fsp3) is 0.520. The Bertz CT molecular complexity index is 1030. The lowest BCUT2D eigenvalue weighted by Gasteiger charge is -2.34. The Morgan fingerprint density at radius 3 is 2.57 bits per heavy atom. The maximum Gasteiger partial charge on any atom is 0.414 e. The van der Waals surface area contributed by atoms with Gasteiger partial charge in [-0.1, -0.05) is 19.8 Å². The van der Waals surface area contributed by atoms with Gasteiger partial charge in [0.15, 0.2) is 0 Å². The Kier molecular flexibility index (Phi) is 8.12. The summed E-state index contributed by atoms with van der Waals surface area (Å²) in [5.74, 6) is -0.0190. The monoisotopic (exact) mass is 484 g/mol. The van der Waals surface area contributed by atoms with Crippen molar-refractivity contribution in [2.75, 3.05) is 55.6 Å². The van der Waals surface area contributed by atoms with Gasteiger partial charge in [-0.2, -0.15) is 0 Å². The highest BCUT2D eigenvalue weighted by molar-refractivity contribution is 5.90.